The normalized spacial score (nSPS) is 10.9. The summed E-state index contributed by atoms with van der Waals surface area (Å²) in [5, 5.41) is 11.0. The predicted octanol–water partition coefficient (Wildman–Crippen LogP) is 5.39. The molecule has 2 aromatic heterocycles. The molecule has 0 spiro atoms. The van der Waals surface area contributed by atoms with Crippen molar-refractivity contribution in [3.05, 3.63) is 87.4 Å². The lowest BCUT2D eigenvalue weighted by Gasteiger charge is -2.05. The lowest BCUT2D eigenvalue weighted by Crippen LogP contribution is -2.13. The molecule has 146 valence electrons. The molecule has 0 saturated heterocycles. The van der Waals surface area contributed by atoms with E-state index in [0.29, 0.717) is 20.8 Å². The number of rotatable bonds is 5. The van der Waals surface area contributed by atoms with Crippen molar-refractivity contribution in [3.63, 3.8) is 0 Å². The van der Waals surface area contributed by atoms with Gasteiger partial charge in [0.05, 0.1) is 11.0 Å². The average molecular weight is 476 g/mol. The second-order valence-corrected chi connectivity index (χ2v) is 7.38. The number of hydrogen-bond donors (Lipinski definition) is 1. The van der Waals surface area contributed by atoms with Crippen molar-refractivity contribution < 1.29 is 13.7 Å². The summed E-state index contributed by atoms with van der Waals surface area (Å²) in [7, 11) is 0. The summed E-state index contributed by atoms with van der Waals surface area (Å²) in [5.41, 5.74) is 1.24. The summed E-state index contributed by atoms with van der Waals surface area (Å²) in [5.74, 6) is -0.155. The molecule has 0 saturated carbocycles. The van der Waals surface area contributed by atoms with Gasteiger partial charge in [-0.1, -0.05) is 53.2 Å². The highest BCUT2D eigenvalue weighted by Crippen LogP contribution is 2.25. The first-order valence-corrected chi connectivity index (χ1v) is 9.67. The van der Waals surface area contributed by atoms with Crippen molar-refractivity contribution >= 4 is 39.3 Å². The molecule has 2 heterocycles. The fraction of sp³-hybridized carbons (Fsp3) is 0.0500. The van der Waals surface area contributed by atoms with Gasteiger partial charge in [0, 0.05) is 28.4 Å². The maximum absolute atomic E-state index is 14.0. The maximum Gasteiger partial charge on any atom is 0.279 e. The van der Waals surface area contributed by atoms with E-state index in [1.165, 1.54) is 16.8 Å². The summed E-state index contributed by atoms with van der Waals surface area (Å²) in [6.45, 7) is 0.113. The molecular weight excluding hydrogens is 463 g/mol. The molecule has 9 heteroatoms. The van der Waals surface area contributed by atoms with E-state index in [1.54, 1.807) is 18.3 Å². The van der Waals surface area contributed by atoms with E-state index in [9.17, 15) is 9.18 Å². The van der Waals surface area contributed by atoms with E-state index >= 15 is 0 Å². The molecule has 6 nitrogen and oxygen atoms in total. The van der Waals surface area contributed by atoms with Gasteiger partial charge >= 0.3 is 0 Å². The van der Waals surface area contributed by atoms with Crippen LogP contribution in [0.15, 0.2) is 69.8 Å². The Labute approximate surface area is 178 Å². The lowest BCUT2D eigenvalue weighted by atomic mass is 10.1. The van der Waals surface area contributed by atoms with Crippen molar-refractivity contribution in [3.8, 4) is 11.3 Å². The summed E-state index contributed by atoms with van der Waals surface area (Å²) in [6, 6.07) is 15.3. The summed E-state index contributed by atoms with van der Waals surface area (Å²) < 4.78 is 21.2. The number of carbonyl (C=O) groups is 1. The monoisotopic (exact) mass is 474 g/mol. The number of halogens is 3. The second-order valence-electron chi connectivity index (χ2n) is 6.12. The molecular formula is C20H13BrClFN4O2. The Bertz CT molecular complexity index is 1160. The Morgan fingerprint density at radius 3 is 2.76 bits per heavy atom. The van der Waals surface area contributed by atoms with Crippen LogP contribution in [-0.2, 0) is 6.54 Å². The molecule has 2 aromatic carbocycles. The average Bonchev–Trinajstić information content (AvgIpc) is 3.33. The first-order valence-electron chi connectivity index (χ1n) is 8.50. The van der Waals surface area contributed by atoms with Gasteiger partial charge in [-0.2, -0.15) is 5.10 Å². The highest BCUT2D eigenvalue weighted by atomic mass is 79.9. The van der Waals surface area contributed by atoms with Gasteiger partial charge < -0.3 is 9.84 Å². The zero-order valence-corrected chi connectivity index (χ0v) is 17.1. The predicted molar refractivity (Wildman–Crippen MR) is 110 cm³/mol. The fourth-order valence-electron chi connectivity index (χ4n) is 2.70. The van der Waals surface area contributed by atoms with Crippen molar-refractivity contribution in [2.24, 2.45) is 0 Å². The van der Waals surface area contributed by atoms with Crippen molar-refractivity contribution in [1.82, 2.24) is 14.9 Å². The molecule has 1 N–H and O–H groups in total. The van der Waals surface area contributed by atoms with Gasteiger partial charge in [-0.15, -0.1) is 0 Å². The van der Waals surface area contributed by atoms with Gasteiger partial charge in [0.25, 0.3) is 5.91 Å². The Hall–Kier alpha value is -2.97. The van der Waals surface area contributed by atoms with Crippen LogP contribution in [-0.4, -0.2) is 20.8 Å². The van der Waals surface area contributed by atoms with Gasteiger partial charge in [-0.3, -0.25) is 9.48 Å². The molecule has 0 aliphatic rings. The van der Waals surface area contributed by atoms with Crippen LogP contribution in [0.4, 0.5) is 10.2 Å². The minimum absolute atomic E-state index is 0.113. The van der Waals surface area contributed by atoms with E-state index < -0.39 is 11.7 Å². The summed E-state index contributed by atoms with van der Waals surface area (Å²) in [4.78, 5) is 12.5. The minimum Gasteiger partial charge on any atom is -0.355 e. The third kappa shape index (κ3) is 4.23. The molecule has 4 rings (SSSR count). The highest BCUT2D eigenvalue weighted by molar-refractivity contribution is 9.10. The third-order valence-corrected chi connectivity index (χ3v) is 5.07. The number of hydrogen-bond acceptors (Lipinski definition) is 4. The molecule has 29 heavy (non-hydrogen) atoms. The van der Waals surface area contributed by atoms with Gasteiger partial charge in [-0.05, 0) is 28.1 Å². The number of aromatic nitrogens is 3. The Balaban J connectivity index is 1.50. The van der Waals surface area contributed by atoms with Crippen LogP contribution >= 0.6 is 27.5 Å². The maximum atomic E-state index is 14.0. The number of nitrogens with one attached hydrogen (secondary N) is 1. The first kappa shape index (κ1) is 19.4. The number of nitrogens with zero attached hydrogens (tertiary/aromatic N) is 3. The zero-order valence-electron chi connectivity index (χ0n) is 14.8. The number of amides is 1. The molecule has 4 aromatic rings. The third-order valence-electron chi connectivity index (χ3n) is 4.13. The molecule has 0 radical (unpaired) electrons. The van der Waals surface area contributed by atoms with E-state index in [-0.39, 0.29) is 18.1 Å². The quantitative estimate of drug-likeness (QED) is 0.420. The van der Waals surface area contributed by atoms with Crippen molar-refractivity contribution in [2.45, 2.75) is 6.54 Å². The summed E-state index contributed by atoms with van der Waals surface area (Å²) in [6.07, 6.45) is 1.62. The largest absolute Gasteiger partial charge is 0.355 e. The van der Waals surface area contributed by atoms with E-state index in [1.807, 2.05) is 30.3 Å². The second kappa shape index (κ2) is 8.18. The Kier molecular flexibility index (Phi) is 5.46. The molecule has 1 amide bonds. The molecule has 0 aliphatic heterocycles. The van der Waals surface area contributed by atoms with Crippen LogP contribution in [0.2, 0.25) is 5.02 Å². The van der Waals surface area contributed by atoms with E-state index in [2.05, 4.69) is 31.5 Å². The SMILES string of the molecule is O=C(Nc1nn(Cc2c(F)cccc2Cl)cc1Br)c1cc(-c2ccccc2)on1. The van der Waals surface area contributed by atoms with E-state index in [4.69, 9.17) is 16.1 Å². The summed E-state index contributed by atoms with van der Waals surface area (Å²) >= 11 is 9.40. The zero-order chi connectivity index (χ0) is 20.4. The van der Waals surface area contributed by atoms with Crippen molar-refractivity contribution in [1.29, 1.82) is 0 Å². The lowest BCUT2D eigenvalue weighted by molar-refractivity contribution is 0.101. The molecule has 0 fully saturated rings. The van der Waals surface area contributed by atoms with Crippen LogP contribution < -0.4 is 5.32 Å². The first-order chi connectivity index (χ1) is 14.0. The van der Waals surface area contributed by atoms with Gasteiger partial charge in [0.2, 0.25) is 0 Å². The number of anilines is 1. The van der Waals surface area contributed by atoms with Gasteiger partial charge in [-0.25, -0.2) is 4.39 Å². The van der Waals surface area contributed by atoms with Crippen LogP contribution in [0.25, 0.3) is 11.3 Å². The molecule has 0 aliphatic carbocycles. The fourth-order valence-corrected chi connectivity index (χ4v) is 3.34. The molecule has 0 unspecified atom stereocenters. The Morgan fingerprint density at radius 1 is 1.21 bits per heavy atom. The Morgan fingerprint density at radius 2 is 2.00 bits per heavy atom. The standard InChI is InChI=1S/C20H13BrClFN4O2/c21-14-11-27(10-13-15(22)7-4-8-16(13)23)25-19(14)24-20(28)17-9-18(29-26-17)12-5-2-1-3-6-12/h1-9,11H,10H2,(H,24,25,28). The van der Waals surface area contributed by atoms with Crippen molar-refractivity contribution in [2.75, 3.05) is 5.32 Å². The van der Waals surface area contributed by atoms with Crippen LogP contribution in [0.5, 0.6) is 0 Å². The number of carbonyl (C=O) groups excluding carboxylic acids is 1. The highest BCUT2D eigenvalue weighted by Gasteiger charge is 2.17. The topological polar surface area (TPSA) is 73.0 Å². The van der Waals surface area contributed by atoms with E-state index in [0.717, 1.165) is 5.56 Å². The smallest absolute Gasteiger partial charge is 0.279 e. The van der Waals surface area contributed by atoms with Crippen LogP contribution in [0.1, 0.15) is 16.1 Å². The number of benzene rings is 2. The molecule has 0 bridgehead atoms. The van der Waals surface area contributed by atoms with Gasteiger partial charge in [0.1, 0.15) is 5.82 Å². The minimum atomic E-state index is -0.481. The molecule has 0 atom stereocenters. The van der Waals surface area contributed by atoms with Crippen LogP contribution in [0, 0.1) is 5.82 Å². The van der Waals surface area contributed by atoms with Gasteiger partial charge in [0.15, 0.2) is 17.3 Å². The van der Waals surface area contributed by atoms with Crippen LogP contribution in [0.3, 0.4) is 0 Å².